The zero-order valence-corrected chi connectivity index (χ0v) is 23.1. The lowest BCUT2D eigenvalue weighted by atomic mass is 9.85. The number of fused-ring (bicyclic) bond motifs is 3. The van der Waals surface area contributed by atoms with Gasteiger partial charge in [-0.15, -0.1) is 0 Å². The molecule has 2 amide bonds. The SMILES string of the molecule is C[C@H](OCc1ccccc1)[C@@H](NC(=O)[C@@H]1CCC[C@@H](NC(=O)OCC2c3ccccc3-c3ccccc32)C1)C(=O)O. The summed E-state index contributed by atoms with van der Waals surface area (Å²) in [6.45, 7) is 2.11. The average Bonchev–Trinajstić information content (AvgIpc) is 3.31. The monoisotopic (exact) mass is 556 g/mol. The highest BCUT2D eigenvalue weighted by molar-refractivity contribution is 5.85. The number of alkyl carbamates (subject to hydrolysis) is 1. The first kappa shape index (κ1) is 28.4. The summed E-state index contributed by atoms with van der Waals surface area (Å²) in [4.78, 5) is 37.8. The van der Waals surface area contributed by atoms with Crippen molar-refractivity contribution in [2.45, 2.75) is 63.3 Å². The van der Waals surface area contributed by atoms with Crippen molar-refractivity contribution in [1.82, 2.24) is 10.6 Å². The van der Waals surface area contributed by atoms with E-state index in [0.29, 0.717) is 12.8 Å². The number of benzene rings is 3. The Hall–Kier alpha value is -4.17. The molecule has 2 aliphatic rings. The van der Waals surface area contributed by atoms with Crippen molar-refractivity contribution >= 4 is 18.0 Å². The van der Waals surface area contributed by atoms with Gasteiger partial charge in [-0.05, 0) is 54.0 Å². The Morgan fingerprint density at radius 3 is 2.20 bits per heavy atom. The van der Waals surface area contributed by atoms with E-state index < -0.39 is 30.1 Å². The summed E-state index contributed by atoms with van der Waals surface area (Å²) in [5.74, 6) is -1.93. The van der Waals surface area contributed by atoms with Gasteiger partial charge in [-0.3, -0.25) is 4.79 Å². The highest BCUT2D eigenvalue weighted by Gasteiger charge is 2.34. The van der Waals surface area contributed by atoms with E-state index in [1.54, 1.807) is 6.92 Å². The lowest BCUT2D eigenvalue weighted by Gasteiger charge is -2.30. The lowest BCUT2D eigenvalue weighted by Crippen LogP contribution is -2.51. The Labute approximate surface area is 240 Å². The summed E-state index contributed by atoms with van der Waals surface area (Å²) in [5, 5.41) is 15.4. The van der Waals surface area contributed by atoms with Crippen LogP contribution in [0.1, 0.15) is 55.2 Å². The van der Waals surface area contributed by atoms with E-state index in [1.807, 2.05) is 54.6 Å². The third-order valence-corrected chi connectivity index (χ3v) is 8.10. The van der Waals surface area contributed by atoms with Crippen LogP contribution in [-0.4, -0.2) is 47.9 Å². The van der Waals surface area contributed by atoms with Gasteiger partial charge in [0.1, 0.15) is 6.61 Å². The molecule has 0 spiro atoms. The van der Waals surface area contributed by atoms with Gasteiger partial charge in [0, 0.05) is 17.9 Å². The van der Waals surface area contributed by atoms with E-state index >= 15 is 0 Å². The second kappa shape index (κ2) is 13.0. The molecule has 8 heteroatoms. The van der Waals surface area contributed by atoms with Crippen LogP contribution in [0, 0.1) is 5.92 Å². The minimum atomic E-state index is -1.18. The maximum Gasteiger partial charge on any atom is 0.407 e. The smallest absolute Gasteiger partial charge is 0.407 e. The molecule has 0 unspecified atom stereocenters. The van der Waals surface area contributed by atoms with Crippen molar-refractivity contribution in [3.63, 3.8) is 0 Å². The van der Waals surface area contributed by atoms with Gasteiger partial charge in [0.05, 0.1) is 12.7 Å². The fraction of sp³-hybridized carbons (Fsp3) is 0.364. The topological polar surface area (TPSA) is 114 Å². The number of hydrogen-bond acceptors (Lipinski definition) is 5. The number of carbonyl (C=O) groups excluding carboxylic acids is 2. The fourth-order valence-corrected chi connectivity index (χ4v) is 5.91. The highest BCUT2D eigenvalue weighted by atomic mass is 16.5. The molecule has 0 heterocycles. The number of ether oxygens (including phenoxy) is 2. The number of rotatable bonds is 10. The highest BCUT2D eigenvalue weighted by Crippen LogP contribution is 2.44. The Bertz CT molecular complexity index is 1330. The quantitative estimate of drug-likeness (QED) is 0.314. The maximum absolute atomic E-state index is 13.1. The summed E-state index contributed by atoms with van der Waals surface area (Å²) in [6, 6.07) is 24.4. The van der Waals surface area contributed by atoms with Crippen LogP contribution in [-0.2, 0) is 25.7 Å². The van der Waals surface area contributed by atoms with Gasteiger partial charge in [0.15, 0.2) is 6.04 Å². The van der Waals surface area contributed by atoms with Gasteiger partial charge < -0.3 is 25.2 Å². The van der Waals surface area contributed by atoms with Crippen LogP contribution in [0.3, 0.4) is 0 Å². The predicted octanol–water partition coefficient (Wildman–Crippen LogP) is 5.26. The molecule has 3 N–H and O–H groups in total. The molecule has 0 aromatic heterocycles. The molecule has 0 aliphatic heterocycles. The fourth-order valence-electron chi connectivity index (χ4n) is 5.91. The number of amides is 2. The molecule has 1 fully saturated rings. The van der Waals surface area contributed by atoms with Crippen LogP contribution in [0.25, 0.3) is 11.1 Å². The standard InChI is InChI=1S/C33H36N2O6/c1-21(40-19-22-10-3-2-4-11-22)30(32(37)38)35-31(36)23-12-9-13-24(18-23)34-33(39)41-20-29-27-16-7-5-14-25(27)26-15-6-8-17-28(26)29/h2-8,10-11,14-17,21,23-24,29-30H,9,12-13,18-20H2,1H3,(H,34,39)(H,35,36)(H,37,38)/t21-,23+,24+,30+/m0/s1. The van der Waals surface area contributed by atoms with Crippen LogP contribution < -0.4 is 10.6 Å². The first-order valence-electron chi connectivity index (χ1n) is 14.2. The van der Waals surface area contributed by atoms with Crippen molar-refractivity contribution in [2.24, 2.45) is 5.92 Å². The van der Waals surface area contributed by atoms with Crippen LogP contribution in [0.5, 0.6) is 0 Å². The van der Waals surface area contributed by atoms with E-state index in [9.17, 15) is 19.5 Å². The van der Waals surface area contributed by atoms with Gasteiger partial charge in [-0.25, -0.2) is 9.59 Å². The Balaban J connectivity index is 1.12. The van der Waals surface area contributed by atoms with Crippen molar-refractivity contribution < 1.29 is 29.0 Å². The van der Waals surface area contributed by atoms with Crippen molar-refractivity contribution in [3.8, 4) is 11.1 Å². The van der Waals surface area contributed by atoms with Gasteiger partial charge in [0.2, 0.25) is 5.91 Å². The molecule has 1 saturated carbocycles. The number of nitrogens with one attached hydrogen (secondary N) is 2. The Kier molecular flexibility index (Phi) is 8.99. The molecule has 0 radical (unpaired) electrons. The van der Waals surface area contributed by atoms with Gasteiger partial charge in [0.25, 0.3) is 0 Å². The van der Waals surface area contributed by atoms with E-state index in [4.69, 9.17) is 9.47 Å². The van der Waals surface area contributed by atoms with Crippen LogP contribution >= 0.6 is 0 Å². The maximum atomic E-state index is 13.1. The van der Waals surface area contributed by atoms with Crippen molar-refractivity contribution in [3.05, 3.63) is 95.6 Å². The molecule has 3 aromatic rings. The summed E-state index contributed by atoms with van der Waals surface area (Å²) in [5.41, 5.74) is 5.54. The third-order valence-electron chi connectivity index (χ3n) is 8.10. The molecular formula is C33H36N2O6. The van der Waals surface area contributed by atoms with E-state index in [-0.39, 0.29) is 31.1 Å². The van der Waals surface area contributed by atoms with Gasteiger partial charge in [-0.1, -0.05) is 85.3 Å². The molecule has 3 aromatic carbocycles. The second-order valence-electron chi connectivity index (χ2n) is 10.9. The molecular weight excluding hydrogens is 520 g/mol. The molecule has 5 rings (SSSR count). The van der Waals surface area contributed by atoms with Gasteiger partial charge in [-0.2, -0.15) is 0 Å². The second-order valence-corrected chi connectivity index (χ2v) is 10.9. The molecule has 0 saturated heterocycles. The Morgan fingerprint density at radius 1 is 0.902 bits per heavy atom. The molecule has 0 bridgehead atoms. The number of carboxylic acid groups (broad SMARTS) is 1. The molecule has 214 valence electrons. The van der Waals surface area contributed by atoms with Crippen LogP contribution in [0.4, 0.5) is 4.79 Å². The Morgan fingerprint density at radius 2 is 1.54 bits per heavy atom. The van der Waals surface area contributed by atoms with E-state index in [0.717, 1.165) is 40.7 Å². The van der Waals surface area contributed by atoms with Crippen LogP contribution in [0.2, 0.25) is 0 Å². The average molecular weight is 557 g/mol. The first-order chi connectivity index (χ1) is 19.9. The zero-order valence-electron chi connectivity index (χ0n) is 23.1. The van der Waals surface area contributed by atoms with E-state index in [1.165, 1.54) is 0 Å². The summed E-state index contributed by atoms with van der Waals surface area (Å²) in [7, 11) is 0. The van der Waals surface area contributed by atoms with Crippen molar-refractivity contribution in [2.75, 3.05) is 6.61 Å². The summed E-state index contributed by atoms with van der Waals surface area (Å²) < 4.78 is 11.4. The third kappa shape index (κ3) is 6.77. The number of hydrogen-bond donors (Lipinski definition) is 3. The molecule has 4 atom stereocenters. The number of aliphatic carboxylic acids is 1. The van der Waals surface area contributed by atoms with Crippen molar-refractivity contribution in [1.29, 1.82) is 0 Å². The van der Waals surface area contributed by atoms with Gasteiger partial charge >= 0.3 is 12.1 Å². The van der Waals surface area contributed by atoms with E-state index in [2.05, 4.69) is 34.9 Å². The molecule has 8 nitrogen and oxygen atoms in total. The first-order valence-corrected chi connectivity index (χ1v) is 14.2. The minimum absolute atomic E-state index is 0.0305. The molecule has 41 heavy (non-hydrogen) atoms. The summed E-state index contributed by atoms with van der Waals surface area (Å²) >= 11 is 0. The number of carbonyl (C=O) groups is 3. The predicted molar refractivity (Wildman–Crippen MR) is 154 cm³/mol. The largest absolute Gasteiger partial charge is 0.480 e. The summed E-state index contributed by atoms with van der Waals surface area (Å²) in [6.07, 6.45) is 1.28. The van der Waals surface area contributed by atoms with Crippen LogP contribution in [0.15, 0.2) is 78.9 Å². The number of carboxylic acids is 1. The zero-order chi connectivity index (χ0) is 28.8. The lowest BCUT2D eigenvalue weighted by molar-refractivity contribution is -0.147. The molecule has 2 aliphatic carbocycles. The normalized spacial score (nSPS) is 19.3. The minimum Gasteiger partial charge on any atom is -0.480 e.